The minimum atomic E-state index is -0.0864. The Kier molecular flexibility index (Phi) is 5.11. The van der Waals surface area contributed by atoms with Gasteiger partial charge in [0, 0.05) is 16.8 Å². The summed E-state index contributed by atoms with van der Waals surface area (Å²) < 4.78 is 0. The average Bonchev–Trinajstić information content (AvgIpc) is 3.07. The van der Waals surface area contributed by atoms with Crippen LogP contribution in [0.25, 0.3) is 0 Å². The van der Waals surface area contributed by atoms with E-state index in [1.165, 1.54) is 0 Å². The third-order valence-corrected chi connectivity index (χ3v) is 4.05. The SMILES string of the molecule is CN(Cc1cccs1)C(=O)CO/N=C/c1cccs1. The van der Waals surface area contributed by atoms with Gasteiger partial charge in [-0.1, -0.05) is 17.3 Å². The Balaban J connectivity index is 1.72. The molecule has 2 rings (SSSR count). The highest BCUT2D eigenvalue weighted by atomic mass is 32.1. The van der Waals surface area contributed by atoms with Gasteiger partial charge in [0.2, 0.25) is 0 Å². The zero-order chi connectivity index (χ0) is 13.5. The van der Waals surface area contributed by atoms with Crippen LogP contribution in [-0.4, -0.2) is 30.7 Å². The molecule has 4 nitrogen and oxygen atoms in total. The molecule has 0 aliphatic rings. The molecule has 0 N–H and O–H groups in total. The molecule has 0 aromatic carbocycles. The van der Waals surface area contributed by atoms with Crippen LogP contribution in [0.3, 0.4) is 0 Å². The minimum absolute atomic E-state index is 0.0379. The zero-order valence-corrected chi connectivity index (χ0v) is 12.1. The molecule has 0 aliphatic carbocycles. The van der Waals surface area contributed by atoms with Crippen molar-refractivity contribution in [3.63, 3.8) is 0 Å². The maximum Gasteiger partial charge on any atom is 0.263 e. The first-order valence-corrected chi connectivity index (χ1v) is 7.47. The number of oxime groups is 1. The predicted molar refractivity (Wildman–Crippen MR) is 78.7 cm³/mol. The molecule has 0 saturated heterocycles. The molecule has 0 radical (unpaired) electrons. The molecule has 2 heterocycles. The zero-order valence-electron chi connectivity index (χ0n) is 10.5. The summed E-state index contributed by atoms with van der Waals surface area (Å²) in [5.74, 6) is -0.0864. The van der Waals surface area contributed by atoms with Crippen LogP contribution in [-0.2, 0) is 16.2 Å². The molecule has 0 saturated carbocycles. The molecule has 6 heteroatoms. The molecule has 0 spiro atoms. The molecule has 0 atom stereocenters. The Bertz CT molecular complexity index is 521. The highest BCUT2D eigenvalue weighted by Crippen LogP contribution is 2.10. The van der Waals surface area contributed by atoms with Crippen molar-refractivity contribution >= 4 is 34.8 Å². The van der Waals surface area contributed by atoms with Gasteiger partial charge in [0.15, 0.2) is 6.61 Å². The molecule has 0 fully saturated rings. The third-order valence-electron chi connectivity index (χ3n) is 2.38. The van der Waals surface area contributed by atoms with Crippen molar-refractivity contribution in [3.8, 4) is 0 Å². The molecule has 0 aliphatic heterocycles. The number of carbonyl (C=O) groups is 1. The molecule has 1 amide bonds. The summed E-state index contributed by atoms with van der Waals surface area (Å²) in [7, 11) is 1.76. The second-order valence-electron chi connectivity index (χ2n) is 3.85. The minimum Gasteiger partial charge on any atom is -0.386 e. The van der Waals surface area contributed by atoms with Crippen LogP contribution in [0.4, 0.5) is 0 Å². The maximum atomic E-state index is 11.8. The van der Waals surface area contributed by atoms with Crippen LogP contribution in [0, 0.1) is 0 Å². The molecule has 19 heavy (non-hydrogen) atoms. The van der Waals surface area contributed by atoms with Gasteiger partial charge in [0.25, 0.3) is 5.91 Å². The van der Waals surface area contributed by atoms with Gasteiger partial charge in [-0.3, -0.25) is 4.79 Å². The van der Waals surface area contributed by atoms with Gasteiger partial charge in [-0.25, -0.2) is 0 Å². The highest BCUT2D eigenvalue weighted by molar-refractivity contribution is 7.11. The van der Waals surface area contributed by atoms with E-state index >= 15 is 0 Å². The lowest BCUT2D eigenvalue weighted by atomic mass is 10.4. The summed E-state index contributed by atoms with van der Waals surface area (Å²) in [6.07, 6.45) is 1.61. The van der Waals surface area contributed by atoms with Gasteiger partial charge >= 0.3 is 0 Å². The lowest BCUT2D eigenvalue weighted by Crippen LogP contribution is -2.28. The molecule has 2 aromatic heterocycles. The van der Waals surface area contributed by atoms with Gasteiger partial charge in [0.1, 0.15) is 0 Å². The smallest absolute Gasteiger partial charge is 0.263 e. The lowest BCUT2D eigenvalue weighted by molar-refractivity contribution is -0.135. The first-order valence-electron chi connectivity index (χ1n) is 5.71. The van der Waals surface area contributed by atoms with E-state index in [2.05, 4.69) is 5.16 Å². The first kappa shape index (κ1) is 13.8. The number of thiophene rings is 2. The van der Waals surface area contributed by atoms with Crippen LogP contribution < -0.4 is 0 Å². The summed E-state index contributed by atoms with van der Waals surface area (Å²) in [6, 6.07) is 7.85. The maximum absolute atomic E-state index is 11.8. The topological polar surface area (TPSA) is 41.9 Å². The highest BCUT2D eigenvalue weighted by Gasteiger charge is 2.09. The Hall–Kier alpha value is -1.66. The third kappa shape index (κ3) is 4.50. The molecule has 0 bridgehead atoms. The molecular formula is C13H14N2O2S2. The Morgan fingerprint density at radius 1 is 1.37 bits per heavy atom. The van der Waals surface area contributed by atoms with Gasteiger partial charge in [-0.15, -0.1) is 22.7 Å². The summed E-state index contributed by atoms with van der Waals surface area (Å²) >= 11 is 3.20. The molecular weight excluding hydrogens is 280 g/mol. The number of amides is 1. The monoisotopic (exact) mass is 294 g/mol. The normalized spacial score (nSPS) is 10.8. The van der Waals surface area contributed by atoms with Crippen molar-refractivity contribution < 1.29 is 9.63 Å². The Morgan fingerprint density at radius 3 is 2.84 bits per heavy atom. The summed E-state index contributed by atoms with van der Waals surface area (Å²) in [5, 5.41) is 7.73. The molecule has 100 valence electrons. The number of carbonyl (C=O) groups excluding carboxylic acids is 1. The fraction of sp³-hybridized carbons (Fsp3) is 0.231. The van der Waals surface area contributed by atoms with Crippen LogP contribution in [0.15, 0.2) is 40.2 Å². The van der Waals surface area contributed by atoms with E-state index < -0.39 is 0 Å². The van der Waals surface area contributed by atoms with Crippen molar-refractivity contribution in [1.29, 1.82) is 0 Å². The second-order valence-corrected chi connectivity index (χ2v) is 5.86. The van der Waals surface area contributed by atoms with Crippen molar-refractivity contribution in [3.05, 3.63) is 44.8 Å². The van der Waals surface area contributed by atoms with Crippen LogP contribution in [0.1, 0.15) is 9.75 Å². The number of nitrogens with zero attached hydrogens (tertiary/aromatic N) is 2. The van der Waals surface area contributed by atoms with E-state index in [0.29, 0.717) is 6.54 Å². The van der Waals surface area contributed by atoms with Crippen molar-refractivity contribution in [2.45, 2.75) is 6.54 Å². The standard InChI is InChI=1S/C13H14N2O2S2/c1-15(9-12-5-3-7-19-12)13(16)10-17-14-8-11-4-2-6-18-11/h2-8H,9-10H2,1H3/b14-8+. The summed E-state index contributed by atoms with van der Waals surface area (Å²) in [4.78, 5) is 20.5. The molecule has 0 unspecified atom stereocenters. The quantitative estimate of drug-likeness (QED) is 0.607. The largest absolute Gasteiger partial charge is 0.386 e. The number of likely N-dealkylation sites (N-methyl/N-ethyl adjacent to an activating group) is 1. The first-order chi connectivity index (χ1) is 9.25. The lowest BCUT2D eigenvalue weighted by Gasteiger charge is -2.14. The van der Waals surface area contributed by atoms with Gasteiger partial charge in [-0.2, -0.15) is 0 Å². The van der Waals surface area contributed by atoms with E-state index in [9.17, 15) is 4.79 Å². The van der Waals surface area contributed by atoms with Crippen LogP contribution in [0.5, 0.6) is 0 Å². The number of hydrogen-bond donors (Lipinski definition) is 0. The average molecular weight is 294 g/mol. The van der Waals surface area contributed by atoms with Gasteiger partial charge in [-0.05, 0) is 22.9 Å². The van der Waals surface area contributed by atoms with E-state index in [1.54, 1.807) is 40.8 Å². The van der Waals surface area contributed by atoms with E-state index in [0.717, 1.165) is 9.75 Å². The second kappa shape index (κ2) is 7.06. The fourth-order valence-electron chi connectivity index (χ4n) is 1.38. The Morgan fingerprint density at radius 2 is 2.16 bits per heavy atom. The number of rotatable bonds is 6. The predicted octanol–water partition coefficient (Wildman–Crippen LogP) is 2.82. The van der Waals surface area contributed by atoms with E-state index in [1.807, 2.05) is 35.0 Å². The van der Waals surface area contributed by atoms with Crippen molar-refractivity contribution in [1.82, 2.24) is 4.90 Å². The van der Waals surface area contributed by atoms with Crippen molar-refractivity contribution in [2.24, 2.45) is 5.16 Å². The van der Waals surface area contributed by atoms with E-state index in [-0.39, 0.29) is 12.5 Å². The van der Waals surface area contributed by atoms with Gasteiger partial charge in [0.05, 0.1) is 12.8 Å². The summed E-state index contributed by atoms with van der Waals surface area (Å²) in [6.45, 7) is 0.568. The van der Waals surface area contributed by atoms with Crippen molar-refractivity contribution in [2.75, 3.05) is 13.7 Å². The van der Waals surface area contributed by atoms with E-state index in [4.69, 9.17) is 4.84 Å². The van der Waals surface area contributed by atoms with Gasteiger partial charge < -0.3 is 9.74 Å². The summed E-state index contributed by atoms with van der Waals surface area (Å²) in [5.41, 5.74) is 0. The van der Waals surface area contributed by atoms with Crippen LogP contribution >= 0.6 is 22.7 Å². The number of hydrogen-bond acceptors (Lipinski definition) is 5. The fourth-order valence-corrected chi connectivity index (χ4v) is 2.71. The molecule has 2 aromatic rings. The Labute approximate surface area is 119 Å². The van der Waals surface area contributed by atoms with Crippen LogP contribution in [0.2, 0.25) is 0 Å².